The van der Waals surface area contributed by atoms with Gasteiger partial charge in [-0.05, 0) is 46.3 Å². The molecule has 0 fully saturated rings. The van der Waals surface area contributed by atoms with Gasteiger partial charge in [0.15, 0.2) is 0 Å². The van der Waals surface area contributed by atoms with Crippen LogP contribution in [0.25, 0.3) is 23.0 Å². The lowest BCUT2D eigenvalue weighted by molar-refractivity contribution is 0.432. The van der Waals surface area contributed by atoms with E-state index in [1.807, 2.05) is 30.3 Å². The van der Waals surface area contributed by atoms with Crippen LogP contribution in [-0.4, -0.2) is 15.1 Å². The van der Waals surface area contributed by atoms with Crippen molar-refractivity contribution in [1.82, 2.24) is 15.1 Å². The second-order valence-electron chi connectivity index (χ2n) is 3.87. The Kier molecular flexibility index (Phi) is 3.00. The van der Waals surface area contributed by atoms with E-state index in [0.717, 1.165) is 10.0 Å². The average molecular weight is 317 g/mol. The van der Waals surface area contributed by atoms with Crippen molar-refractivity contribution in [3.63, 3.8) is 0 Å². The Balaban J connectivity index is 1.99. The normalized spacial score (nSPS) is 10.6. The smallest absolute Gasteiger partial charge is 0.258 e. The maximum absolute atomic E-state index is 5.83. The average Bonchev–Trinajstić information content (AvgIpc) is 2.93. The van der Waals surface area contributed by atoms with Crippen molar-refractivity contribution in [3.8, 4) is 23.0 Å². The molecule has 1 aromatic carbocycles. The van der Waals surface area contributed by atoms with E-state index in [0.29, 0.717) is 23.1 Å². The molecule has 3 aromatic rings. The number of nitrogens with zero attached hydrogens (tertiary/aromatic N) is 3. The molecule has 6 heteroatoms. The zero-order valence-corrected chi connectivity index (χ0v) is 11.3. The Bertz CT molecular complexity index is 712. The summed E-state index contributed by atoms with van der Waals surface area (Å²) in [6.07, 6.45) is 1.68. The predicted molar refractivity (Wildman–Crippen MR) is 75.1 cm³/mol. The van der Waals surface area contributed by atoms with Gasteiger partial charge in [-0.25, -0.2) is 0 Å². The summed E-state index contributed by atoms with van der Waals surface area (Å²) in [6.45, 7) is 0. The molecular weight excluding hydrogens is 308 g/mol. The number of nitrogens with two attached hydrogens (primary N) is 1. The van der Waals surface area contributed by atoms with Crippen molar-refractivity contribution in [2.75, 3.05) is 5.73 Å². The van der Waals surface area contributed by atoms with E-state index in [-0.39, 0.29) is 0 Å². The van der Waals surface area contributed by atoms with E-state index in [9.17, 15) is 0 Å². The van der Waals surface area contributed by atoms with Crippen molar-refractivity contribution in [2.45, 2.75) is 0 Å². The van der Waals surface area contributed by atoms with Crippen LogP contribution in [0, 0.1) is 0 Å². The molecule has 0 radical (unpaired) electrons. The van der Waals surface area contributed by atoms with E-state index in [2.05, 4.69) is 31.1 Å². The van der Waals surface area contributed by atoms with Crippen LogP contribution in [0.2, 0.25) is 0 Å². The van der Waals surface area contributed by atoms with Crippen molar-refractivity contribution < 1.29 is 4.52 Å². The number of rotatable bonds is 2. The molecule has 0 aliphatic carbocycles. The first-order chi connectivity index (χ1) is 9.24. The molecule has 0 aliphatic heterocycles. The first-order valence-electron chi connectivity index (χ1n) is 5.54. The first kappa shape index (κ1) is 11.9. The van der Waals surface area contributed by atoms with Crippen LogP contribution in [0.1, 0.15) is 0 Å². The fourth-order valence-electron chi connectivity index (χ4n) is 1.62. The maximum Gasteiger partial charge on any atom is 0.258 e. The van der Waals surface area contributed by atoms with Gasteiger partial charge in [0.1, 0.15) is 5.69 Å². The highest BCUT2D eigenvalue weighted by Gasteiger charge is 2.11. The molecule has 0 unspecified atom stereocenters. The van der Waals surface area contributed by atoms with Crippen molar-refractivity contribution in [3.05, 3.63) is 47.1 Å². The minimum Gasteiger partial charge on any atom is -0.398 e. The SMILES string of the molecule is Nc1cc(-c2nc(-c3ccccn3)no2)ccc1Br. The second-order valence-corrected chi connectivity index (χ2v) is 4.73. The summed E-state index contributed by atoms with van der Waals surface area (Å²) < 4.78 is 6.06. The lowest BCUT2D eigenvalue weighted by atomic mass is 10.2. The Hall–Kier alpha value is -2.21. The minimum atomic E-state index is 0.417. The Labute approximate surface area is 117 Å². The highest BCUT2D eigenvalue weighted by atomic mass is 79.9. The fraction of sp³-hybridized carbons (Fsp3) is 0. The summed E-state index contributed by atoms with van der Waals surface area (Å²) in [5.74, 6) is 0.872. The molecule has 0 spiro atoms. The second kappa shape index (κ2) is 4.81. The molecule has 0 amide bonds. The lowest BCUT2D eigenvalue weighted by Crippen LogP contribution is -1.88. The van der Waals surface area contributed by atoms with Crippen LogP contribution in [0.5, 0.6) is 0 Å². The lowest BCUT2D eigenvalue weighted by Gasteiger charge is -1.99. The Morgan fingerprint density at radius 3 is 2.79 bits per heavy atom. The summed E-state index contributed by atoms with van der Waals surface area (Å²) in [7, 11) is 0. The molecule has 0 aliphatic rings. The third-order valence-corrected chi connectivity index (χ3v) is 3.29. The molecule has 0 atom stereocenters. The third-order valence-electron chi connectivity index (χ3n) is 2.56. The van der Waals surface area contributed by atoms with E-state index in [4.69, 9.17) is 10.3 Å². The number of halogens is 1. The topological polar surface area (TPSA) is 77.8 Å². The molecule has 2 heterocycles. The summed E-state index contributed by atoms with van der Waals surface area (Å²) in [5.41, 5.74) is 7.89. The van der Waals surface area contributed by atoms with Crippen molar-refractivity contribution in [1.29, 1.82) is 0 Å². The number of nitrogen functional groups attached to an aromatic ring is 1. The molecule has 3 rings (SSSR count). The van der Waals surface area contributed by atoms with Gasteiger partial charge in [0.25, 0.3) is 5.89 Å². The number of hydrogen-bond acceptors (Lipinski definition) is 5. The first-order valence-corrected chi connectivity index (χ1v) is 6.34. The highest BCUT2D eigenvalue weighted by molar-refractivity contribution is 9.10. The largest absolute Gasteiger partial charge is 0.398 e. The summed E-state index contributed by atoms with van der Waals surface area (Å²) in [5, 5.41) is 3.91. The minimum absolute atomic E-state index is 0.417. The number of aromatic nitrogens is 3. The summed E-state index contributed by atoms with van der Waals surface area (Å²) in [6, 6.07) is 11.0. The molecule has 2 N–H and O–H groups in total. The summed E-state index contributed by atoms with van der Waals surface area (Å²) >= 11 is 3.34. The van der Waals surface area contributed by atoms with Gasteiger partial charge < -0.3 is 10.3 Å². The van der Waals surface area contributed by atoms with Crippen LogP contribution in [0.3, 0.4) is 0 Å². The van der Waals surface area contributed by atoms with Gasteiger partial charge in [0, 0.05) is 21.9 Å². The van der Waals surface area contributed by atoms with Gasteiger partial charge in [-0.1, -0.05) is 11.2 Å². The van der Waals surface area contributed by atoms with Gasteiger partial charge in [-0.3, -0.25) is 4.98 Å². The highest BCUT2D eigenvalue weighted by Crippen LogP contribution is 2.27. The van der Waals surface area contributed by atoms with Crippen molar-refractivity contribution >= 4 is 21.6 Å². The summed E-state index contributed by atoms with van der Waals surface area (Å²) in [4.78, 5) is 8.48. The van der Waals surface area contributed by atoms with Gasteiger partial charge in [0.05, 0.1) is 0 Å². The van der Waals surface area contributed by atoms with Crippen LogP contribution in [-0.2, 0) is 0 Å². The molecular formula is C13H9BrN4O. The standard InChI is InChI=1S/C13H9BrN4O/c14-9-5-4-8(7-10(9)15)13-17-12(18-19-13)11-3-1-2-6-16-11/h1-7H,15H2. The molecule has 0 saturated carbocycles. The number of anilines is 1. The van der Waals surface area contributed by atoms with Crippen molar-refractivity contribution in [2.24, 2.45) is 0 Å². The van der Waals surface area contributed by atoms with Gasteiger partial charge in [-0.15, -0.1) is 0 Å². The Morgan fingerprint density at radius 2 is 2.05 bits per heavy atom. The van der Waals surface area contributed by atoms with E-state index < -0.39 is 0 Å². The van der Waals surface area contributed by atoms with Gasteiger partial charge in [-0.2, -0.15) is 4.98 Å². The molecule has 0 saturated heterocycles. The third kappa shape index (κ3) is 2.34. The molecule has 2 aromatic heterocycles. The zero-order valence-electron chi connectivity index (χ0n) is 9.75. The van der Waals surface area contributed by atoms with E-state index in [1.54, 1.807) is 12.3 Å². The molecule has 0 bridgehead atoms. The number of pyridine rings is 1. The maximum atomic E-state index is 5.83. The molecule has 19 heavy (non-hydrogen) atoms. The number of benzene rings is 1. The van der Waals surface area contributed by atoms with Crippen LogP contribution >= 0.6 is 15.9 Å². The molecule has 5 nitrogen and oxygen atoms in total. The fourth-order valence-corrected chi connectivity index (χ4v) is 1.86. The number of hydrogen-bond donors (Lipinski definition) is 1. The zero-order chi connectivity index (χ0) is 13.2. The van der Waals surface area contributed by atoms with Crippen LogP contribution < -0.4 is 5.73 Å². The molecule has 94 valence electrons. The van der Waals surface area contributed by atoms with E-state index in [1.165, 1.54) is 0 Å². The Morgan fingerprint density at radius 1 is 1.16 bits per heavy atom. The van der Waals surface area contributed by atoms with Crippen LogP contribution in [0.4, 0.5) is 5.69 Å². The van der Waals surface area contributed by atoms with Crippen LogP contribution in [0.15, 0.2) is 51.6 Å². The van der Waals surface area contributed by atoms with Gasteiger partial charge >= 0.3 is 0 Å². The quantitative estimate of drug-likeness (QED) is 0.735. The predicted octanol–water partition coefficient (Wildman–Crippen LogP) is 3.14. The van der Waals surface area contributed by atoms with Gasteiger partial charge in [0.2, 0.25) is 5.82 Å². The van der Waals surface area contributed by atoms with E-state index >= 15 is 0 Å². The monoisotopic (exact) mass is 316 g/mol.